The minimum absolute atomic E-state index is 0.208. The van der Waals surface area contributed by atoms with Crippen LogP contribution >= 0.6 is 34.7 Å². The Balaban J connectivity index is 1.25. The fourth-order valence-corrected chi connectivity index (χ4v) is 4.94. The highest BCUT2D eigenvalue weighted by Crippen LogP contribution is 2.27. The van der Waals surface area contributed by atoms with Gasteiger partial charge in [-0.3, -0.25) is 4.79 Å². The minimum atomic E-state index is 0.208. The number of halogens is 1. The van der Waals surface area contributed by atoms with E-state index in [0.717, 1.165) is 52.4 Å². The number of amides is 1. The molecule has 2 aromatic heterocycles. The van der Waals surface area contributed by atoms with Crippen molar-refractivity contribution < 1.29 is 4.79 Å². The Labute approximate surface area is 171 Å². The lowest BCUT2D eigenvalue weighted by Crippen LogP contribution is -2.49. The molecule has 27 heavy (non-hydrogen) atoms. The third-order valence-electron chi connectivity index (χ3n) is 4.47. The summed E-state index contributed by atoms with van der Waals surface area (Å²) >= 11 is 9.16. The number of nitrogens with zero attached hydrogens (tertiary/aromatic N) is 4. The lowest BCUT2D eigenvalue weighted by atomic mass is 10.2. The number of rotatable bonds is 5. The van der Waals surface area contributed by atoms with Crippen LogP contribution in [0.1, 0.15) is 5.56 Å². The first-order valence-electron chi connectivity index (χ1n) is 8.75. The molecule has 0 atom stereocenters. The summed E-state index contributed by atoms with van der Waals surface area (Å²) in [5.74, 6) is 1.54. The number of carbonyl (C=O) groups excluding carboxylic acids is 1. The van der Waals surface area contributed by atoms with Crippen molar-refractivity contribution in [2.45, 2.75) is 5.75 Å². The van der Waals surface area contributed by atoms with E-state index < -0.39 is 0 Å². The van der Waals surface area contributed by atoms with Crippen LogP contribution in [0, 0.1) is 0 Å². The van der Waals surface area contributed by atoms with Gasteiger partial charge in [-0.2, -0.15) is 0 Å². The lowest BCUT2D eigenvalue weighted by Gasteiger charge is -2.34. The third kappa shape index (κ3) is 4.54. The van der Waals surface area contributed by atoms with Crippen molar-refractivity contribution in [3.63, 3.8) is 0 Å². The molecule has 1 saturated heterocycles. The van der Waals surface area contributed by atoms with Gasteiger partial charge in [0.15, 0.2) is 5.13 Å². The van der Waals surface area contributed by atoms with Gasteiger partial charge in [0.05, 0.1) is 5.75 Å². The molecule has 1 aliphatic rings. The number of aromatic nitrogens is 2. The van der Waals surface area contributed by atoms with E-state index in [0.29, 0.717) is 5.75 Å². The minimum Gasteiger partial charge on any atom is -0.344 e. The van der Waals surface area contributed by atoms with Gasteiger partial charge in [-0.15, -0.1) is 11.8 Å². The molecule has 0 radical (unpaired) electrons. The van der Waals surface area contributed by atoms with Crippen molar-refractivity contribution in [2.24, 2.45) is 0 Å². The Hall–Kier alpha value is -1.83. The predicted molar refractivity (Wildman–Crippen MR) is 114 cm³/mol. The van der Waals surface area contributed by atoms with Gasteiger partial charge >= 0.3 is 0 Å². The van der Waals surface area contributed by atoms with Gasteiger partial charge in [0.1, 0.15) is 10.3 Å². The third-order valence-corrected chi connectivity index (χ3v) is 6.75. The second kappa shape index (κ2) is 8.46. The number of fused-ring (bicyclic) bond motifs is 1. The number of hydrogen-bond acceptors (Lipinski definition) is 6. The molecule has 3 heterocycles. The SMILES string of the molecule is O=C(CSCc1ccc(Cl)cc1)N1CCN(c2nc3cccnc3s2)CC1. The van der Waals surface area contributed by atoms with Crippen molar-refractivity contribution in [3.05, 3.63) is 53.2 Å². The zero-order chi connectivity index (χ0) is 18.6. The van der Waals surface area contributed by atoms with Crippen LogP contribution in [0.3, 0.4) is 0 Å². The summed E-state index contributed by atoms with van der Waals surface area (Å²) in [6.45, 7) is 3.11. The number of benzene rings is 1. The number of hydrogen-bond donors (Lipinski definition) is 0. The molecule has 3 aromatic rings. The van der Waals surface area contributed by atoms with Crippen LogP contribution in [0.15, 0.2) is 42.6 Å². The number of thioether (sulfide) groups is 1. The first-order chi connectivity index (χ1) is 13.2. The van der Waals surface area contributed by atoms with Gasteiger partial charge in [-0.25, -0.2) is 9.97 Å². The fourth-order valence-electron chi connectivity index (χ4n) is 2.97. The van der Waals surface area contributed by atoms with Gasteiger partial charge in [-0.1, -0.05) is 35.1 Å². The molecular weight excluding hydrogens is 400 g/mol. The van der Waals surface area contributed by atoms with Gasteiger partial charge in [0, 0.05) is 43.2 Å². The molecular formula is C19H19ClN4OS2. The molecule has 4 rings (SSSR count). The van der Waals surface area contributed by atoms with E-state index in [2.05, 4.69) is 14.9 Å². The Morgan fingerprint density at radius 1 is 1.15 bits per heavy atom. The molecule has 0 aliphatic carbocycles. The maximum absolute atomic E-state index is 12.5. The summed E-state index contributed by atoms with van der Waals surface area (Å²) in [7, 11) is 0. The van der Waals surface area contributed by atoms with Crippen LogP contribution in [0.4, 0.5) is 5.13 Å². The summed E-state index contributed by atoms with van der Waals surface area (Å²) in [6, 6.07) is 11.7. The van der Waals surface area contributed by atoms with E-state index in [4.69, 9.17) is 11.6 Å². The molecule has 1 amide bonds. The normalized spacial score (nSPS) is 14.7. The van der Waals surface area contributed by atoms with Crippen molar-refractivity contribution in [2.75, 3.05) is 36.8 Å². The molecule has 1 aromatic carbocycles. The summed E-state index contributed by atoms with van der Waals surface area (Å²) in [5, 5.41) is 1.73. The van der Waals surface area contributed by atoms with Crippen LogP contribution in [0.25, 0.3) is 10.3 Å². The molecule has 8 heteroatoms. The van der Waals surface area contributed by atoms with E-state index in [1.807, 2.05) is 41.3 Å². The van der Waals surface area contributed by atoms with E-state index >= 15 is 0 Å². The molecule has 140 valence electrons. The van der Waals surface area contributed by atoms with E-state index in [1.54, 1.807) is 29.3 Å². The first kappa shape index (κ1) is 18.5. The topological polar surface area (TPSA) is 49.3 Å². The average molecular weight is 419 g/mol. The highest BCUT2D eigenvalue weighted by Gasteiger charge is 2.23. The van der Waals surface area contributed by atoms with Crippen LogP contribution in [-0.2, 0) is 10.5 Å². The van der Waals surface area contributed by atoms with E-state index in [9.17, 15) is 4.79 Å². The summed E-state index contributed by atoms with van der Waals surface area (Å²) < 4.78 is 0. The highest BCUT2D eigenvalue weighted by molar-refractivity contribution is 7.99. The highest BCUT2D eigenvalue weighted by atomic mass is 35.5. The maximum Gasteiger partial charge on any atom is 0.232 e. The van der Waals surface area contributed by atoms with E-state index in [-0.39, 0.29) is 5.91 Å². The number of carbonyl (C=O) groups is 1. The number of anilines is 1. The monoisotopic (exact) mass is 418 g/mol. The second-order valence-electron chi connectivity index (χ2n) is 6.31. The molecule has 0 saturated carbocycles. The second-order valence-corrected chi connectivity index (χ2v) is 8.69. The van der Waals surface area contributed by atoms with Crippen molar-refractivity contribution in [3.8, 4) is 0 Å². The van der Waals surface area contributed by atoms with Crippen LogP contribution in [0.2, 0.25) is 5.02 Å². The van der Waals surface area contributed by atoms with Crippen molar-refractivity contribution in [1.82, 2.24) is 14.9 Å². The molecule has 0 bridgehead atoms. The van der Waals surface area contributed by atoms with Crippen molar-refractivity contribution >= 4 is 56.1 Å². The average Bonchev–Trinajstić information content (AvgIpc) is 3.14. The molecule has 0 spiro atoms. The molecule has 1 fully saturated rings. The zero-order valence-corrected chi connectivity index (χ0v) is 17.1. The standard InChI is InChI=1S/C19H19ClN4OS2/c20-15-5-3-14(4-6-15)12-26-13-17(25)23-8-10-24(11-9-23)19-22-16-2-1-7-21-18(16)27-19/h1-7H,8-13H2. The van der Waals surface area contributed by atoms with Gasteiger partial charge in [-0.05, 0) is 29.8 Å². The summed E-state index contributed by atoms with van der Waals surface area (Å²) in [6.07, 6.45) is 1.79. The Kier molecular flexibility index (Phi) is 5.80. The Bertz CT molecular complexity index is 890. The van der Waals surface area contributed by atoms with Crippen molar-refractivity contribution in [1.29, 1.82) is 0 Å². The predicted octanol–water partition coefficient (Wildman–Crippen LogP) is 3.93. The van der Waals surface area contributed by atoms with Crippen LogP contribution in [0.5, 0.6) is 0 Å². The van der Waals surface area contributed by atoms with E-state index in [1.165, 1.54) is 5.56 Å². The lowest BCUT2D eigenvalue weighted by molar-refractivity contribution is -0.128. The summed E-state index contributed by atoms with van der Waals surface area (Å²) in [4.78, 5) is 26.7. The van der Waals surface area contributed by atoms with Crippen LogP contribution < -0.4 is 4.90 Å². The number of pyridine rings is 1. The van der Waals surface area contributed by atoms with Gasteiger partial charge < -0.3 is 9.80 Å². The van der Waals surface area contributed by atoms with Gasteiger partial charge in [0.25, 0.3) is 0 Å². The smallest absolute Gasteiger partial charge is 0.232 e. The maximum atomic E-state index is 12.5. The molecule has 0 N–H and O–H groups in total. The van der Waals surface area contributed by atoms with Gasteiger partial charge in [0.2, 0.25) is 5.91 Å². The summed E-state index contributed by atoms with van der Waals surface area (Å²) in [5.41, 5.74) is 2.13. The van der Waals surface area contributed by atoms with Crippen LogP contribution in [-0.4, -0.2) is 52.7 Å². The Morgan fingerprint density at radius 2 is 1.93 bits per heavy atom. The number of piperazine rings is 1. The molecule has 5 nitrogen and oxygen atoms in total. The largest absolute Gasteiger partial charge is 0.344 e. The quantitative estimate of drug-likeness (QED) is 0.628. The molecule has 0 unspecified atom stereocenters. The first-order valence-corrected chi connectivity index (χ1v) is 11.1. The zero-order valence-electron chi connectivity index (χ0n) is 14.7. The molecule has 1 aliphatic heterocycles. The Morgan fingerprint density at radius 3 is 2.67 bits per heavy atom. The number of thiazole rings is 1. The fraction of sp³-hybridized carbons (Fsp3) is 0.316.